The topological polar surface area (TPSA) is 50.4 Å². The molecule has 0 saturated carbocycles. The van der Waals surface area contributed by atoms with Crippen LogP contribution in [0.3, 0.4) is 0 Å². The molecule has 0 saturated heterocycles. The van der Waals surface area contributed by atoms with Crippen LogP contribution in [0.5, 0.6) is 5.88 Å². The number of halogens is 1. The summed E-state index contributed by atoms with van der Waals surface area (Å²) in [6.45, 7) is 1.78. The molecule has 0 amide bonds. The van der Waals surface area contributed by atoms with Crippen LogP contribution in [0.15, 0.2) is 12.4 Å². The van der Waals surface area contributed by atoms with Crippen LogP contribution in [0.2, 0.25) is 5.15 Å². The lowest BCUT2D eigenvalue weighted by molar-refractivity contribution is 0.456. The van der Waals surface area contributed by atoms with Crippen molar-refractivity contribution in [3.63, 3.8) is 0 Å². The molecule has 0 spiro atoms. The molecule has 4 nitrogen and oxygen atoms in total. The third kappa shape index (κ3) is 0.848. The Labute approximate surface area is 73.4 Å². The molecule has 2 heterocycles. The second-order valence-electron chi connectivity index (χ2n) is 2.46. The predicted octanol–water partition coefficient (Wildman–Crippen LogP) is 1.40. The van der Waals surface area contributed by atoms with Gasteiger partial charge in [0.1, 0.15) is 5.52 Å². The maximum Gasteiger partial charge on any atom is 0.237 e. The SMILES string of the molecule is Cc1c(Cl)nn2ccnc(O)c12. The molecule has 0 radical (unpaired) electrons. The molecule has 1 N–H and O–H groups in total. The minimum Gasteiger partial charge on any atom is -0.492 e. The van der Waals surface area contributed by atoms with Crippen molar-refractivity contribution in [2.45, 2.75) is 6.92 Å². The number of aromatic hydroxyl groups is 1. The summed E-state index contributed by atoms with van der Waals surface area (Å²) in [7, 11) is 0. The number of hydrogen-bond donors (Lipinski definition) is 1. The summed E-state index contributed by atoms with van der Waals surface area (Å²) in [5, 5.41) is 13.7. The Morgan fingerprint density at radius 2 is 2.33 bits per heavy atom. The summed E-state index contributed by atoms with van der Waals surface area (Å²) in [6.07, 6.45) is 3.10. The van der Waals surface area contributed by atoms with Crippen molar-refractivity contribution >= 4 is 17.1 Å². The summed E-state index contributed by atoms with van der Waals surface area (Å²) < 4.78 is 1.50. The van der Waals surface area contributed by atoms with Crippen molar-refractivity contribution in [1.82, 2.24) is 14.6 Å². The minimum absolute atomic E-state index is 0.0469. The largest absolute Gasteiger partial charge is 0.492 e. The normalized spacial score (nSPS) is 10.8. The molecule has 62 valence electrons. The van der Waals surface area contributed by atoms with Gasteiger partial charge in [0.05, 0.1) is 0 Å². The zero-order chi connectivity index (χ0) is 8.72. The van der Waals surface area contributed by atoms with E-state index in [9.17, 15) is 5.11 Å². The van der Waals surface area contributed by atoms with Gasteiger partial charge in [-0.3, -0.25) is 0 Å². The highest BCUT2D eigenvalue weighted by molar-refractivity contribution is 6.30. The fourth-order valence-corrected chi connectivity index (χ4v) is 1.27. The van der Waals surface area contributed by atoms with E-state index in [1.54, 1.807) is 13.1 Å². The van der Waals surface area contributed by atoms with Gasteiger partial charge in [-0.05, 0) is 6.92 Å². The fraction of sp³-hybridized carbons (Fsp3) is 0.143. The van der Waals surface area contributed by atoms with Gasteiger partial charge < -0.3 is 5.11 Å². The van der Waals surface area contributed by atoms with Gasteiger partial charge in [-0.2, -0.15) is 5.10 Å². The van der Waals surface area contributed by atoms with Crippen molar-refractivity contribution in [3.8, 4) is 5.88 Å². The maximum atomic E-state index is 9.33. The van der Waals surface area contributed by atoms with E-state index >= 15 is 0 Å². The summed E-state index contributed by atoms with van der Waals surface area (Å²) in [5.74, 6) is -0.0469. The highest BCUT2D eigenvalue weighted by atomic mass is 35.5. The second kappa shape index (κ2) is 2.35. The first-order valence-electron chi connectivity index (χ1n) is 3.38. The Morgan fingerprint density at radius 3 is 3.00 bits per heavy atom. The van der Waals surface area contributed by atoms with Crippen molar-refractivity contribution < 1.29 is 5.11 Å². The van der Waals surface area contributed by atoms with Crippen LogP contribution in [0.25, 0.3) is 5.52 Å². The Bertz CT molecular complexity index is 437. The lowest BCUT2D eigenvalue weighted by atomic mass is 10.3. The molecule has 2 rings (SSSR count). The quantitative estimate of drug-likeness (QED) is 0.672. The molecule has 5 heteroatoms. The predicted molar refractivity (Wildman–Crippen MR) is 44.4 cm³/mol. The van der Waals surface area contributed by atoms with Gasteiger partial charge >= 0.3 is 0 Å². The molecule has 0 aliphatic heterocycles. The Kier molecular flexibility index (Phi) is 1.44. The number of aromatic nitrogens is 3. The molecular formula is C7H6ClN3O. The van der Waals surface area contributed by atoms with Crippen LogP contribution < -0.4 is 0 Å². The lowest BCUT2D eigenvalue weighted by Crippen LogP contribution is -1.87. The van der Waals surface area contributed by atoms with Crippen molar-refractivity contribution in [1.29, 1.82) is 0 Å². The maximum absolute atomic E-state index is 9.33. The van der Waals surface area contributed by atoms with E-state index in [0.717, 1.165) is 5.56 Å². The molecule has 2 aromatic heterocycles. The average molecular weight is 184 g/mol. The van der Waals surface area contributed by atoms with E-state index in [1.807, 2.05) is 0 Å². The first kappa shape index (κ1) is 7.36. The Balaban J connectivity index is 2.97. The van der Waals surface area contributed by atoms with Gasteiger partial charge in [-0.15, -0.1) is 0 Å². The van der Waals surface area contributed by atoms with Gasteiger partial charge in [-0.1, -0.05) is 11.6 Å². The van der Waals surface area contributed by atoms with Gasteiger partial charge in [-0.25, -0.2) is 9.50 Å². The van der Waals surface area contributed by atoms with E-state index in [-0.39, 0.29) is 5.88 Å². The fourth-order valence-electron chi connectivity index (χ4n) is 1.10. The van der Waals surface area contributed by atoms with Crippen molar-refractivity contribution in [2.75, 3.05) is 0 Å². The highest BCUT2D eigenvalue weighted by Gasteiger charge is 2.09. The first-order valence-corrected chi connectivity index (χ1v) is 3.76. The minimum atomic E-state index is -0.0469. The van der Waals surface area contributed by atoms with Crippen LogP contribution in [0, 0.1) is 6.92 Å². The summed E-state index contributed by atoms with van der Waals surface area (Å²) in [4.78, 5) is 3.72. The standard InChI is InChI=1S/C7H6ClN3O/c1-4-5-7(12)9-2-3-11(5)10-6(4)8/h2-3H,1H3,(H,9,12). The molecule has 0 aromatic carbocycles. The van der Waals surface area contributed by atoms with Crippen LogP contribution in [0.1, 0.15) is 5.56 Å². The van der Waals surface area contributed by atoms with E-state index in [0.29, 0.717) is 10.7 Å². The third-order valence-electron chi connectivity index (χ3n) is 1.71. The van der Waals surface area contributed by atoms with E-state index in [2.05, 4.69) is 10.1 Å². The average Bonchev–Trinajstić information content (AvgIpc) is 2.29. The molecule has 0 fully saturated rings. The molecule has 0 bridgehead atoms. The molecular weight excluding hydrogens is 178 g/mol. The van der Waals surface area contributed by atoms with Crippen LogP contribution >= 0.6 is 11.6 Å². The van der Waals surface area contributed by atoms with Gasteiger partial charge in [0, 0.05) is 18.0 Å². The summed E-state index contributed by atoms with van der Waals surface area (Å²) in [6, 6.07) is 0. The van der Waals surface area contributed by atoms with Crippen LogP contribution in [-0.4, -0.2) is 19.7 Å². The van der Waals surface area contributed by atoms with Gasteiger partial charge in [0.2, 0.25) is 5.88 Å². The number of fused-ring (bicyclic) bond motifs is 1. The van der Waals surface area contributed by atoms with Gasteiger partial charge in [0.15, 0.2) is 5.15 Å². The van der Waals surface area contributed by atoms with Crippen molar-refractivity contribution in [3.05, 3.63) is 23.1 Å². The number of nitrogens with zero attached hydrogens (tertiary/aromatic N) is 3. The number of rotatable bonds is 0. The lowest BCUT2D eigenvalue weighted by Gasteiger charge is -1.94. The van der Waals surface area contributed by atoms with E-state index < -0.39 is 0 Å². The van der Waals surface area contributed by atoms with Crippen LogP contribution in [-0.2, 0) is 0 Å². The van der Waals surface area contributed by atoms with Crippen molar-refractivity contribution in [2.24, 2.45) is 0 Å². The summed E-state index contributed by atoms with van der Waals surface area (Å²) >= 11 is 5.75. The molecule has 0 aliphatic rings. The summed E-state index contributed by atoms with van der Waals surface area (Å²) in [5.41, 5.74) is 1.30. The van der Waals surface area contributed by atoms with Gasteiger partial charge in [0.25, 0.3) is 0 Å². The Morgan fingerprint density at radius 1 is 1.58 bits per heavy atom. The Hall–Kier alpha value is -1.29. The van der Waals surface area contributed by atoms with E-state index in [1.165, 1.54) is 10.7 Å². The highest BCUT2D eigenvalue weighted by Crippen LogP contribution is 2.23. The zero-order valence-electron chi connectivity index (χ0n) is 6.32. The molecule has 0 unspecified atom stereocenters. The smallest absolute Gasteiger partial charge is 0.237 e. The molecule has 12 heavy (non-hydrogen) atoms. The molecule has 0 aliphatic carbocycles. The second-order valence-corrected chi connectivity index (χ2v) is 2.82. The number of hydrogen-bond acceptors (Lipinski definition) is 3. The first-order chi connectivity index (χ1) is 5.70. The molecule has 2 aromatic rings. The van der Waals surface area contributed by atoms with E-state index in [4.69, 9.17) is 11.6 Å². The monoisotopic (exact) mass is 183 g/mol. The third-order valence-corrected chi connectivity index (χ3v) is 2.06. The molecule has 0 atom stereocenters. The number of aryl methyl sites for hydroxylation is 1. The zero-order valence-corrected chi connectivity index (χ0v) is 7.08. The van der Waals surface area contributed by atoms with Crippen LogP contribution in [0.4, 0.5) is 0 Å².